The Kier molecular flexibility index (Phi) is 2.68. The molecule has 2 aromatic carbocycles. The van der Waals surface area contributed by atoms with Gasteiger partial charge in [-0.15, -0.1) is 0 Å². The maximum absolute atomic E-state index is 6.04. The molecule has 0 aliphatic carbocycles. The largest absolute Gasteiger partial charge is 0.486 e. The van der Waals surface area contributed by atoms with E-state index in [0.717, 1.165) is 28.1 Å². The Morgan fingerprint density at radius 1 is 1.05 bits per heavy atom. The van der Waals surface area contributed by atoms with Gasteiger partial charge in [0.05, 0.1) is 11.0 Å². The fourth-order valence-electron chi connectivity index (χ4n) is 2.43. The Labute approximate surface area is 125 Å². The van der Waals surface area contributed by atoms with Gasteiger partial charge in [-0.3, -0.25) is 0 Å². The first-order chi connectivity index (χ1) is 10.2. The summed E-state index contributed by atoms with van der Waals surface area (Å²) in [6, 6.07) is 9.12. The van der Waals surface area contributed by atoms with Crippen LogP contribution in [0.5, 0.6) is 11.5 Å². The van der Waals surface area contributed by atoms with Gasteiger partial charge in [-0.05, 0) is 18.2 Å². The average Bonchev–Trinajstić information content (AvgIpc) is 2.86. The van der Waals surface area contributed by atoms with Gasteiger partial charge in [0.2, 0.25) is 0 Å². The van der Waals surface area contributed by atoms with E-state index in [1.807, 2.05) is 24.3 Å². The lowest BCUT2D eigenvalue weighted by Gasteiger charge is -2.17. The summed E-state index contributed by atoms with van der Waals surface area (Å²) in [7, 11) is 0. The van der Waals surface area contributed by atoms with E-state index in [2.05, 4.69) is 9.97 Å². The number of nitrogens with zero attached hydrogens (tertiary/aromatic N) is 1. The summed E-state index contributed by atoms with van der Waals surface area (Å²) in [5, 5.41) is 0.580. The molecule has 0 spiro atoms. The van der Waals surface area contributed by atoms with Gasteiger partial charge >= 0.3 is 0 Å². The zero-order valence-corrected chi connectivity index (χ0v) is 11.8. The smallest absolute Gasteiger partial charge is 0.163 e. The van der Waals surface area contributed by atoms with E-state index in [0.29, 0.717) is 29.7 Å². The zero-order valence-electron chi connectivity index (χ0n) is 11.0. The summed E-state index contributed by atoms with van der Waals surface area (Å²) in [5.74, 6) is 2.16. The van der Waals surface area contributed by atoms with Crippen LogP contribution in [0.25, 0.3) is 22.4 Å². The number of hydrogen-bond donors (Lipinski definition) is 2. The highest BCUT2D eigenvalue weighted by molar-refractivity contribution is 6.31. The van der Waals surface area contributed by atoms with Crippen LogP contribution in [0.3, 0.4) is 0 Å². The number of fused-ring (bicyclic) bond motifs is 2. The predicted molar refractivity (Wildman–Crippen MR) is 81.9 cm³/mol. The van der Waals surface area contributed by atoms with Gasteiger partial charge in [0.1, 0.15) is 19.0 Å². The summed E-state index contributed by atoms with van der Waals surface area (Å²) < 4.78 is 11.1. The van der Waals surface area contributed by atoms with Gasteiger partial charge in [0.25, 0.3) is 0 Å². The monoisotopic (exact) mass is 301 g/mol. The van der Waals surface area contributed by atoms with Gasteiger partial charge in [-0.2, -0.15) is 0 Å². The van der Waals surface area contributed by atoms with Crippen molar-refractivity contribution in [3.8, 4) is 22.9 Å². The molecular formula is C15H12ClN3O2. The molecule has 2 heterocycles. The van der Waals surface area contributed by atoms with E-state index in [1.165, 1.54) is 0 Å². The van der Waals surface area contributed by atoms with Crippen molar-refractivity contribution < 1.29 is 9.47 Å². The van der Waals surface area contributed by atoms with Crippen LogP contribution in [0.1, 0.15) is 0 Å². The van der Waals surface area contributed by atoms with Crippen molar-refractivity contribution in [2.45, 2.75) is 0 Å². The molecule has 0 bridgehead atoms. The number of aromatic amines is 1. The van der Waals surface area contributed by atoms with Crippen molar-refractivity contribution in [2.75, 3.05) is 18.9 Å². The van der Waals surface area contributed by atoms with Gasteiger partial charge < -0.3 is 20.2 Å². The van der Waals surface area contributed by atoms with Crippen molar-refractivity contribution >= 4 is 28.3 Å². The topological polar surface area (TPSA) is 73.2 Å². The summed E-state index contributed by atoms with van der Waals surface area (Å²) in [4.78, 5) is 7.82. The first kappa shape index (κ1) is 12.3. The highest BCUT2D eigenvalue weighted by Gasteiger charge is 2.15. The zero-order chi connectivity index (χ0) is 14.4. The number of H-pyrrole nitrogens is 1. The van der Waals surface area contributed by atoms with E-state index in [9.17, 15) is 0 Å². The average molecular weight is 302 g/mol. The van der Waals surface area contributed by atoms with Crippen LogP contribution >= 0.6 is 11.6 Å². The van der Waals surface area contributed by atoms with Gasteiger partial charge in [-0.1, -0.05) is 11.6 Å². The molecule has 1 aliphatic rings. The molecule has 3 aromatic rings. The number of benzene rings is 2. The maximum Gasteiger partial charge on any atom is 0.163 e. The molecule has 0 atom stereocenters. The van der Waals surface area contributed by atoms with Crippen LogP contribution < -0.4 is 15.2 Å². The van der Waals surface area contributed by atoms with Crippen molar-refractivity contribution in [1.82, 2.24) is 9.97 Å². The number of aromatic nitrogens is 2. The highest BCUT2D eigenvalue weighted by Crippen LogP contribution is 2.35. The third kappa shape index (κ3) is 2.15. The molecule has 3 N–H and O–H groups in total. The van der Waals surface area contributed by atoms with E-state index >= 15 is 0 Å². The van der Waals surface area contributed by atoms with Gasteiger partial charge in [0, 0.05) is 28.4 Å². The van der Waals surface area contributed by atoms with Gasteiger partial charge in [-0.25, -0.2) is 4.98 Å². The molecule has 21 heavy (non-hydrogen) atoms. The summed E-state index contributed by atoms with van der Waals surface area (Å²) in [5.41, 5.74) is 8.96. The number of nitrogens with two attached hydrogens (primary N) is 1. The standard InChI is InChI=1S/C15H12ClN3O2/c16-9-3-8(4-10(17)5-9)15-18-11-6-13-14(7-12(11)19-15)21-2-1-20-13/h3-7H,1-2,17H2,(H,18,19). The Morgan fingerprint density at radius 2 is 1.81 bits per heavy atom. The van der Waals surface area contributed by atoms with E-state index in [4.69, 9.17) is 26.8 Å². The normalized spacial score (nSPS) is 13.6. The number of halogens is 1. The number of anilines is 1. The van der Waals surface area contributed by atoms with Crippen molar-refractivity contribution in [3.63, 3.8) is 0 Å². The number of nitrogen functional groups attached to an aromatic ring is 1. The summed E-state index contributed by atoms with van der Waals surface area (Å²) in [6.45, 7) is 1.12. The van der Waals surface area contributed by atoms with Crippen molar-refractivity contribution in [3.05, 3.63) is 35.4 Å². The summed E-state index contributed by atoms with van der Waals surface area (Å²) >= 11 is 6.04. The second-order valence-electron chi connectivity index (χ2n) is 4.87. The van der Waals surface area contributed by atoms with E-state index in [-0.39, 0.29) is 0 Å². The second kappa shape index (κ2) is 4.56. The molecule has 0 saturated carbocycles. The molecule has 0 radical (unpaired) electrons. The molecule has 4 rings (SSSR count). The van der Waals surface area contributed by atoms with Crippen molar-refractivity contribution in [2.24, 2.45) is 0 Å². The molecule has 0 unspecified atom stereocenters. The lowest BCUT2D eigenvalue weighted by atomic mass is 10.2. The number of ether oxygens (including phenoxy) is 2. The molecule has 0 amide bonds. The number of rotatable bonds is 1. The minimum absolute atomic E-state index is 0.556. The first-order valence-corrected chi connectivity index (χ1v) is 6.93. The predicted octanol–water partition coefficient (Wildman–Crippen LogP) is 3.24. The van der Waals surface area contributed by atoms with E-state index in [1.54, 1.807) is 6.07 Å². The van der Waals surface area contributed by atoms with Crippen LogP contribution in [-0.2, 0) is 0 Å². The highest BCUT2D eigenvalue weighted by atomic mass is 35.5. The van der Waals surface area contributed by atoms with Crippen LogP contribution in [-0.4, -0.2) is 23.2 Å². The minimum atomic E-state index is 0.556. The first-order valence-electron chi connectivity index (χ1n) is 6.55. The Bertz CT molecular complexity index is 781. The Morgan fingerprint density at radius 3 is 2.57 bits per heavy atom. The number of imidazole rings is 1. The third-order valence-corrected chi connectivity index (χ3v) is 3.56. The summed E-state index contributed by atoms with van der Waals surface area (Å²) in [6.07, 6.45) is 0. The van der Waals surface area contributed by atoms with Crippen LogP contribution in [0, 0.1) is 0 Å². The fourth-order valence-corrected chi connectivity index (χ4v) is 2.68. The third-order valence-electron chi connectivity index (χ3n) is 3.34. The molecule has 0 saturated heterocycles. The lowest BCUT2D eigenvalue weighted by Crippen LogP contribution is -2.15. The molecule has 1 aliphatic heterocycles. The SMILES string of the molecule is Nc1cc(Cl)cc(-c2nc3cc4c(cc3[nH]2)OCCO4)c1. The molecule has 5 nitrogen and oxygen atoms in total. The Balaban J connectivity index is 1.86. The van der Waals surface area contributed by atoms with Crippen LogP contribution in [0.15, 0.2) is 30.3 Å². The Hall–Kier alpha value is -2.40. The molecule has 6 heteroatoms. The van der Waals surface area contributed by atoms with Crippen LogP contribution in [0.2, 0.25) is 5.02 Å². The minimum Gasteiger partial charge on any atom is -0.486 e. The second-order valence-corrected chi connectivity index (χ2v) is 5.31. The molecule has 0 fully saturated rings. The molecular weight excluding hydrogens is 290 g/mol. The lowest BCUT2D eigenvalue weighted by molar-refractivity contribution is 0.172. The molecule has 1 aromatic heterocycles. The fraction of sp³-hybridized carbons (Fsp3) is 0.133. The number of hydrogen-bond acceptors (Lipinski definition) is 4. The van der Waals surface area contributed by atoms with Crippen molar-refractivity contribution in [1.29, 1.82) is 0 Å². The van der Waals surface area contributed by atoms with Gasteiger partial charge in [0.15, 0.2) is 11.5 Å². The number of nitrogens with one attached hydrogen (secondary N) is 1. The van der Waals surface area contributed by atoms with E-state index < -0.39 is 0 Å². The quantitative estimate of drug-likeness (QED) is 0.677. The van der Waals surface area contributed by atoms with Crippen LogP contribution in [0.4, 0.5) is 5.69 Å². The molecule has 106 valence electrons. The maximum atomic E-state index is 6.04.